The van der Waals surface area contributed by atoms with Crippen LogP contribution in [0.25, 0.3) is 0 Å². The van der Waals surface area contributed by atoms with Crippen molar-refractivity contribution in [3.05, 3.63) is 28.8 Å². The molecule has 0 atom stereocenters. The molecule has 1 aliphatic heterocycles. The Hall–Kier alpha value is -1.42. The highest BCUT2D eigenvalue weighted by Gasteiger charge is 2.26. The van der Waals surface area contributed by atoms with Crippen molar-refractivity contribution in [2.75, 3.05) is 31.1 Å². The van der Waals surface area contributed by atoms with Crippen LogP contribution in [0.5, 0.6) is 0 Å². The van der Waals surface area contributed by atoms with E-state index in [1.54, 1.807) is 4.90 Å². The average Bonchev–Trinajstić information content (AvgIpc) is 2.40. The van der Waals surface area contributed by atoms with Gasteiger partial charge in [-0.2, -0.15) is 0 Å². The van der Waals surface area contributed by atoms with Crippen LogP contribution in [0.3, 0.4) is 0 Å². The molecule has 0 bridgehead atoms. The number of halogens is 1. The standard InChI is InChI=1S/C16H23ClN2O2/c1-12-5-6-13(17)11-14(12)18-7-9-19(10-8-18)15(20)21-16(2,3)4/h5-6,11H,7-10H2,1-4H3. The van der Waals surface area contributed by atoms with Gasteiger partial charge in [0.15, 0.2) is 0 Å². The van der Waals surface area contributed by atoms with Crippen LogP contribution in [0.15, 0.2) is 18.2 Å². The minimum atomic E-state index is -0.447. The Morgan fingerprint density at radius 1 is 1.19 bits per heavy atom. The lowest BCUT2D eigenvalue weighted by atomic mass is 10.1. The predicted octanol–water partition coefficient (Wildman–Crippen LogP) is 3.71. The molecule has 1 fully saturated rings. The first kappa shape index (κ1) is 16.0. The minimum Gasteiger partial charge on any atom is -0.444 e. The van der Waals surface area contributed by atoms with Crippen molar-refractivity contribution >= 4 is 23.4 Å². The largest absolute Gasteiger partial charge is 0.444 e. The molecule has 1 heterocycles. The fraction of sp³-hybridized carbons (Fsp3) is 0.562. The Labute approximate surface area is 131 Å². The topological polar surface area (TPSA) is 32.8 Å². The van der Waals surface area contributed by atoms with Crippen molar-refractivity contribution in [3.8, 4) is 0 Å². The maximum absolute atomic E-state index is 12.0. The van der Waals surface area contributed by atoms with Gasteiger partial charge in [-0.05, 0) is 45.4 Å². The third-order valence-electron chi connectivity index (χ3n) is 3.44. The normalized spacial score (nSPS) is 16.0. The molecule has 0 aromatic heterocycles. The van der Waals surface area contributed by atoms with E-state index in [-0.39, 0.29) is 6.09 Å². The number of benzene rings is 1. The van der Waals surface area contributed by atoms with E-state index in [2.05, 4.69) is 11.8 Å². The van der Waals surface area contributed by atoms with Crippen molar-refractivity contribution in [1.82, 2.24) is 4.90 Å². The van der Waals surface area contributed by atoms with Crippen molar-refractivity contribution in [2.45, 2.75) is 33.3 Å². The average molecular weight is 311 g/mol. The summed E-state index contributed by atoms with van der Waals surface area (Å²) in [5.74, 6) is 0. The highest BCUT2D eigenvalue weighted by molar-refractivity contribution is 6.30. The molecule has 0 unspecified atom stereocenters. The monoisotopic (exact) mass is 310 g/mol. The SMILES string of the molecule is Cc1ccc(Cl)cc1N1CCN(C(=O)OC(C)(C)C)CC1. The molecular weight excluding hydrogens is 288 g/mol. The van der Waals surface area contributed by atoms with Crippen LogP contribution >= 0.6 is 11.6 Å². The lowest BCUT2D eigenvalue weighted by Gasteiger charge is -2.37. The van der Waals surface area contributed by atoms with Gasteiger partial charge in [-0.3, -0.25) is 0 Å². The number of carbonyl (C=O) groups is 1. The van der Waals surface area contributed by atoms with E-state index >= 15 is 0 Å². The second-order valence-corrected chi connectivity index (χ2v) is 6.82. The van der Waals surface area contributed by atoms with Crippen LogP contribution in [-0.2, 0) is 4.74 Å². The molecule has 0 radical (unpaired) electrons. The molecule has 116 valence electrons. The molecule has 4 nitrogen and oxygen atoms in total. The fourth-order valence-corrected chi connectivity index (χ4v) is 2.55. The summed E-state index contributed by atoms with van der Waals surface area (Å²) < 4.78 is 5.41. The first-order chi connectivity index (χ1) is 9.76. The summed E-state index contributed by atoms with van der Waals surface area (Å²) in [5, 5.41) is 0.741. The van der Waals surface area contributed by atoms with Crippen molar-refractivity contribution in [2.24, 2.45) is 0 Å². The number of nitrogens with zero attached hydrogens (tertiary/aromatic N) is 2. The summed E-state index contributed by atoms with van der Waals surface area (Å²) in [5.41, 5.74) is 1.90. The molecule has 21 heavy (non-hydrogen) atoms. The molecule has 2 rings (SSSR count). The molecule has 5 heteroatoms. The first-order valence-corrected chi connectivity index (χ1v) is 7.63. The zero-order valence-electron chi connectivity index (χ0n) is 13.1. The number of hydrogen-bond acceptors (Lipinski definition) is 3. The zero-order chi connectivity index (χ0) is 15.6. The highest BCUT2D eigenvalue weighted by atomic mass is 35.5. The van der Waals surface area contributed by atoms with Crippen LogP contribution in [0.2, 0.25) is 5.02 Å². The van der Waals surface area contributed by atoms with Gasteiger partial charge in [-0.1, -0.05) is 17.7 Å². The Morgan fingerprint density at radius 3 is 2.38 bits per heavy atom. The predicted molar refractivity (Wildman–Crippen MR) is 86.2 cm³/mol. The second-order valence-electron chi connectivity index (χ2n) is 6.39. The molecule has 1 aliphatic rings. The van der Waals surface area contributed by atoms with Crippen molar-refractivity contribution in [1.29, 1.82) is 0 Å². The smallest absolute Gasteiger partial charge is 0.410 e. The van der Waals surface area contributed by atoms with Gasteiger partial charge < -0.3 is 14.5 Å². The molecule has 0 N–H and O–H groups in total. The number of ether oxygens (including phenoxy) is 1. The van der Waals surface area contributed by atoms with Gasteiger partial charge in [0, 0.05) is 36.9 Å². The summed E-state index contributed by atoms with van der Waals surface area (Å²) >= 11 is 6.08. The molecule has 1 aromatic carbocycles. The summed E-state index contributed by atoms with van der Waals surface area (Å²) in [4.78, 5) is 16.1. The van der Waals surface area contributed by atoms with E-state index in [4.69, 9.17) is 16.3 Å². The molecular formula is C16H23ClN2O2. The van der Waals surface area contributed by atoms with E-state index in [1.807, 2.05) is 39.0 Å². The van der Waals surface area contributed by atoms with Gasteiger partial charge >= 0.3 is 6.09 Å². The molecule has 1 aromatic rings. The number of amides is 1. The maximum atomic E-state index is 12.0. The third-order valence-corrected chi connectivity index (χ3v) is 3.68. The Balaban J connectivity index is 1.97. The number of rotatable bonds is 1. The van der Waals surface area contributed by atoms with E-state index in [0.29, 0.717) is 13.1 Å². The Morgan fingerprint density at radius 2 is 1.81 bits per heavy atom. The summed E-state index contributed by atoms with van der Waals surface area (Å²) in [6.07, 6.45) is -0.232. The highest BCUT2D eigenvalue weighted by Crippen LogP contribution is 2.25. The second kappa shape index (κ2) is 6.14. The molecule has 0 saturated carbocycles. The van der Waals surface area contributed by atoms with E-state index in [9.17, 15) is 4.79 Å². The third kappa shape index (κ3) is 4.27. The maximum Gasteiger partial charge on any atom is 0.410 e. The lowest BCUT2D eigenvalue weighted by molar-refractivity contribution is 0.0240. The first-order valence-electron chi connectivity index (χ1n) is 7.25. The number of hydrogen-bond donors (Lipinski definition) is 0. The van der Waals surface area contributed by atoms with Crippen LogP contribution in [0, 0.1) is 6.92 Å². The Bertz CT molecular complexity index is 517. The summed E-state index contributed by atoms with van der Waals surface area (Å²) in [7, 11) is 0. The van der Waals surface area contributed by atoms with Gasteiger partial charge in [0.1, 0.15) is 5.60 Å². The number of aryl methyl sites for hydroxylation is 1. The molecule has 0 spiro atoms. The van der Waals surface area contributed by atoms with Gasteiger partial charge in [-0.25, -0.2) is 4.79 Å². The lowest BCUT2D eigenvalue weighted by Crippen LogP contribution is -2.50. The van der Waals surface area contributed by atoms with E-state index in [1.165, 1.54) is 5.56 Å². The minimum absolute atomic E-state index is 0.232. The number of piperazine rings is 1. The fourth-order valence-electron chi connectivity index (χ4n) is 2.38. The van der Waals surface area contributed by atoms with Crippen LogP contribution < -0.4 is 4.90 Å². The number of carbonyl (C=O) groups excluding carboxylic acids is 1. The molecule has 1 saturated heterocycles. The number of anilines is 1. The van der Waals surface area contributed by atoms with Crippen molar-refractivity contribution in [3.63, 3.8) is 0 Å². The van der Waals surface area contributed by atoms with Crippen LogP contribution in [0.4, 0.5) is 10.5 Å². The van der Waals surface area contributed by atoms with Gasteiger partial charge in [0.25, 0.3) is 0 Å². The molecule has 1 amide bonds. The molecule has 0 aliphatic carbocycles. The van der Waals surface area contributed by atoms with Gasteiger partial charge in [0.05, 0.1) is 0 Å². The summed E-state index contributed by atoms with van der Waals surface area (Å²) in [6, 6.07) is 5.91. The van der Waals surface area contributed by atoms with Crippen molar-refractivity contribution < 1.29 is 9.53 Å². The van der Waals surface area contributed by atoms with E-state index < -0.39 is 5.60 Å². The van der Waals surface area contributed by atoms with Crippen LogP contribution in [-0.4, -0.2) is 42.8 Å². The zero-order valence-corrected chi connectivity index (χ0v) is 13.9. The Kier molecular flexibility index (Phi) is 4.67. The quantitative estimate of drug-likeness (QED) is 0.793. The van der Waals surface area contributed by atoms with Crippen LogP contribution in [0.1, 0.15) is 26.3 Å². The van der Waals surface area contributed by atoms with Gasteiger partial charge in [0.2, 0.25) is 0 Å². The van der Waals surface area contributed by atoms with Gasteiger partial charge in [-0.15, -0.1) is 0 Å². The van der Waals surface area contributed by atoms with E-state index in [0.717, 1.165) is 23.8 Å². The summed E-state index contributed by atoms with van der Waals surface area (Å²) in [6.45, 7) is 10.7.